The third-order valence-corrected chi connectivity index (χ3v) is 14.4. The molecule has 2 aromatic heterocycles. The number of aromatic nitrogens is 2. The second kappa shape index (κ2) is 17.9. The number of piperazine rings is 1. The third kappa shape index (κ3) is 7.41. The molecule has 14 heteroatoms. The Kier molecular flexibility index (Phi) is 11.9. The van der Waals surface area contributed by atoms with Crippen molar-refractivity contribution in [3.05, 3.63) is 104 Å². The molecule has 1 atom stereocenters. The molecular weight excluding hydrogens is 833 g/mol. The lowest BCUT2D eigenvalue weighted by atomic mass is 9.69. The first-order chi connectivity index (χ1) is 32.1. The number of aromatic amines is 1. The fourth-order valence-corrected chi connectivity index (χ4v) is 10.9. The van der Waals surface area contributed by atoms with E-state index >= 15 is 0 Å². The van der Waals surface area contributed by atoms with Crippen molar-refractivity contribution in [1.82, 2.24) is 24.7 Å². The van der Waals surface area contributed by atoms with Gasteiger partial charge < -0.3 is 30.0 Å². The monoisotopic (exact) mass is 882 g/mol. The maximum atomic E-state index is 13.4. The quantitative estimate of drug-likeness (QED) is 0.145. The number of nitrogens with zero attached hydrogens (tertiary/aromatic N) is 5. The Morgan fingerprint density at radius 2 is 1.64 bits per heavy atom. The molecule has 3 N–H and O–H groups in total. The molecule has 3 aromatic carbocycles. The molecule has 14 nitrogen and oxygen atoms in total. The van der Waals surface area contributed by atoms with E-state index in [2.05, 4.69) is 70.3 Å². The largest absolute Gasteiger partial charge is 0.384 e. The number of hydrogen-bond acceptors (Lipinski definition) is 11. The van der Waals surface area contributed by atoms with Crippen LogP contribution in [0, 0.1) is 11.3 Å². The van der Waals surface area contributed by atoms with Crippen LogP contribution >= 0.6 is 0 Å². The van der Waals surface area contributed by atoms with E-state index in [-0.39, 0.29) is 40.8 Å². The minimum atomic E-state index is -0.752. The third-order valence-electron chi connectivity index (χ3n) is 14.4. The number of allylic oxidation sites excluding steroid dienone is 2. The Labute approximate surface area is 381 Å². The van der Waals surface area contributed by atoms with Gasteiger partial charge in [-0.2, -0.15) is 5.26 Å². The number of carbonyl (C=O) groups excluding carboxylic acids is 6. The molecule has 4 aliphatic rings. The number of carbonyl (C=O) groups is 1. The van der Waals surface area contributed by atoms with Gasteiger partial charge in [0.2, 0.25) is 5.91 Å². The summed E-state index contributed by atoms with van der Waals surface area (Å²) in [7, 11) is 0. The number of benzene rings is 3. The van der Waals surface area contributed by atoms with Crippen LogP contribution in [0.15, 0.2) is 59.9 Å². The summed E-state index contributed by atoms with van der Waals surface area (Å²) < 4.78 is 1.44. The normalized spacial score (nSPS) is 18.3. The van der Waals surface area contributed by atoms with Gasteiger partial charge in [0.15, 0.2) is 11.9 Å². The lowest BCUT2D eigenvalue weighted by molar-refractivity contribution is -0.133. The van der Waals surface area contributed by atoms with Gasteiger partial charge in [-0.15, -0.1) is 0 Å². The molecule has 1 aliphatic carbocycles. The maximum absolute atomic E-state index is 13.4. The number of nitriles is 1. The van der Waals surface area contributed by atoms with Crippen molar-refractivity contribution < 1.29 is 28.8 Å². The van der Waals surface area contributed by atoms with Gasteiger partial charge in [-0.25, -0.2) is 24.0 Å². The van der Waals surface area contributed by atoms with Crippen molar-refractivity contribution in [2.24, 2.45) is 0 Å². The highest BCUT2D eigenvalue weighted by Gasteiger charge is 2.40. The molecule has 334 valence electrons. The van der Waals surface area contributed by atoms with E-state index < -0.39 is 11.5 Å². The zero-order chi connectivity index (χ0) is 46.3. The van der Waals surface area contributed by atoms with Crippen molar-refractivity contribution in [1.29, 1.82) is 5.26 Å². The van der Waals surface area contributed by atoms with Crippen molar-refractivity contribution in [3.63, 3.8) is 0 Å². The number of hydrogen-bond donors (Lipinski definition) is 3. The van der Waals surface area contributed by atoms with Gasteiger partial charge >= 0.3 is 0 Å². The molecule has 1 amide bonds. The van der Waals surface area contributed by atoms with Crippen LogP contribution in [0.4, 0.5) is 11.4 Å². The summed E-state index contributed by atoms with van der Waals surface area (Å²) in [5.74, 6) is 9.90. The van der Waals surface area contributed by atoms with Gasteiger partial charge in [0, 0.05) is 114 Å². The molecule has 3 fully saturated rings. The number of amides is 1. The summed E-state index contributed by atoms with van der Waals surface area (Å²) in [6.45, 7) is 11.8. The van der Waals surface area contributed by atoms with Crippen LogP contribution < -0.4 is 26.2 Å². The van der Waals surface area contributed by atoms with Crippen LogP contribution in [0.2, 0.25) is 0 Å². The molecule has 3 saturated heterocycles. The van der Waals surface area contributed by atoms with Crippen LogP contribution in [0.3, 0.4) is 0 Å². The highest BCUT2D eigenvalue weighted by molar-refractivity contribution is 6.10. The van der Waals surface area contributed by atoms with Crippen LogP contribution in [0.5, 0.6) is 0 Å². The highest BCUT2D eigenvalue weighted by atomic mass is 16.2. The zero-order valence-electron chi connectivity index (χ0n) is 37.4. The van der Waals surface area contributed by atoms with Gasteiger partial charge in [-0.05, 0) is 79.1 Å². The summed E-state index contributed by atoms with van der Waals surface area (Å²) >= 11 is 0. The number of aryl methyl sites for hydroxylation is 1. The minimum Gasteiger partial charge on any atom is -0.384 e. The smallest absolute Gasteiger partial charge is 0.222 e. The van der Waals surface area contributed by atoms with E-state index in [9.17, 15) is 34.0 Å². The zero-order valence-corrected chi connectivity index (χ0v) is 37.4. The first-order valence-corrected chi connectivity index (χ1v) is 22.8. The molecule has 5 aromatic rings. The van der Waals surface area contributed by atoms with Gasteiger partial charge in [-0.1, -0.05) is 39.0 Å². The molecule has 0 bridgehead atoms. The Morgan fingerprint density at radius 3 is 2.32 bits per heavy atom. The van der Waals surface area contributed by atoms with Crippen molar-refractivity contribution in [3.8, 4) is 6.07 Å². The van der Waals surface area contributed by atoms with Crippen molar-refractivity contribution >= 4 is 74.2 Å². The molecule has 0 saturated carbocycles. The van der Waals surface area contributed by atoms with E-state index in [1.165, 1.54) is 15.8 Å². The average Bonchev–Trinajstić information content (AvgIpc) is 3.91. The first-order valence-electron chi connectivity index (χ1n) is 22.8. The van der Waals surface area contributed by atoms with Gasteiger partial charge in [0.25, 0.3) is 0 Å². The maximum Gasteiger partial charge on any atom is 0.222 e. The number of nitrogens with one attached hydrogen (secondary N) is 3. The Morgan fingerprint density at radius 1 is 0.864 bits per heavy atom. The minimum absolute atomic E-state index is 0.0163. The first kappa shape index (κ1) is 43.8. The molecule has 5 heterocycles. The molecule has 66 heavy (non-hydrogen) atoms. The van der Waals surface area contributed by atoms with Gasteiger partial charge in [-0.3, -0.25) is 9.69 Å². The van der Waals surface area contributed by atoms with Crippen molar-refractivity contribution in [2.45, 2.75) is 83.2 Å². The topological polar surface area (TPSA) is 181 Å². The van der Waals surface area contributed by atoms with Crippen LogP contribution in [-0.4, -0.2) is 107 Å². The summed E-state index contributed by atoms with van der Waals surface area (Å²) in [5, 5.41) is 17.6. The second-order valence-electron chi connectivity index (χ2n) is 18.2. The van der Waals surface area contributed by atoms with Crippen molar-refractivity contribution in [2.75, 3.05) is 56.0 Å². The highest BCUT2D eigenvalue weighted by Crippen LogP contribution is 2.50. The predicted molar refractivity (Wildman–Crippen MR) is 251 cm³/mol. The molecule has 1 unspecified atom stereocenters. The Balaban J connectivity index is 0.806. The number of H-pyrrole nitrogens is 1. The van der Waals surface area contributed by atoms with E-state index in [0.29, 0.717) is 66.1 Å². The molecule has 0 radical (unpaired) electrons. The molecule has 0 spiro atoms. The van der Waals surface area contributed by atoms with E-state index in [1.54, 1.807) is 30.2 Å². The average molecular weight is 883 g/mol. The Bertz CT molecular complexity index is 3200. The molecule has 9 rings (SSSR count). The van der Waals surface area contributed by atoms with Gasteiger partial charge in [0.05, 0.1) is 23.2 Å². The summed E-state index contributed by atoms with van der Waals surface area (Å²) in [4.78, 5) is 84.6. The SMILES string of the molecule is CCc1cc2c(cc1N1CCC(N3CCN(C(=O)CCCNc4cccc5c(=C=O)n(C6CCC(=C=O)NC6=C=O)c(=C=O)c45)CC3)CC1)C(C)(C)c1[nH]c3cc(C#N)ccc3c1C2=C=O. The molecular formula is C52H50N8O6. The second-order valence-corrected chi connectivity index (χ2v) is 18.2. The number of fused-ring (bicyclic) bond motifs is 5. The van der Waals surface area contributed by atoms with E-state index in [0.717, 1.165) is 78.7 Å². The predicted octanol–water partition coefficient (Wildman–Crippen LogP) is 3.83. The fraction of sp³-hybridized carbons (Fsp3) is 0.385. The summed E-state index contributed by atoms with van der Waals surface area (Å²) in [5.41, 5.74) is 8.60. The summed E-state index contributed by atoms with van der Waals surface area (Å²) in [6, 6.07) is 17.2. The lowest BCUT2D eigenvalue weighted by Crippen LogP contribution is -2.54. The Hall–Kier alpha value is -7.43. The lowest BCUT2D eigenvalue weighted by Gasteiger charge is -2.44. The molecule has 3 aliphatic heterocycles. The van der Waals surface area contributed by atoms with Crippen LogP contribution in [0.1, 0.15) is 98.8 Å². The summed E-state index contributed by atoms with van der Waals surface area (Å²) in [6.07, 6.45) is 4.27. The van der Waals surface area contributed by atoms with Crippen LogP contribution in [-0.2, 0) is 40.6 Å². The van der Waals surface area contributed by atoms with Gasteiger partial charge in [0.1, 0.15) is 39.9 Å². The van der Waals surface area contributed by atoms with Crippen LogP contribution in [0.25, 0.3) is 27.2 Å². The van der Waals surface area contributed by atoms with E-state index in [4.69, 9.17) is 0 Å². The fourth-order valence-electron chi connectivity index (χ4n) is 10.9. The number of rotatable bonds is 9. The number of piperidine rings is 2. The number of anilines is 2. The van der Waals surface area contributed by atoms with E-state index in [1.807, 2.05) is 34.9 Å². The standard InChI is InChI=1S/C52H50N8O6/c1-4-33-24-38-39(28-62)49-36-12-10-32(26-53)23-42(36)56-51(49)52(2,3)40(38)25-45(33)58-17-14-35(15-18-58)57-19-21-59(22-20-57)48(66)9-6-16-54-41-8-5-7-37-46(30-64)60(47(31-65)50(37)41)44-13-11-34(27-61)55-43(44)29-63/h5,7-8,10,12,23-25,35,44,54-56H,4,6,9,11,13-22H2,1-3H3.